The van der Waals surface area contributed by atoms with Crippen LogP contribution in [0.15, 0.2) is 35.5 Å². The van der Waals surface area contributed by atoms with Crippen LogP contribution >= 0.6 is 0 Å². The highest BCUT2D eigenvalue weighted by Crippen LogP contribution is 2.59. The van der Waals surface area contributed by atoms with Gasteiger partial charge in [0.25, 0.3) is 0 Å². The minimum atomic E-state index is -0.105. The molecule has 0 aromatic heterocycles. The third kappa shape index (κ3) is 4.84. The molecule has 3 aliphatic carbocycles. The Bertz CT molecular complexity index is 610. The highest BCUT2D eigenvalue weighted by atomic mass is 16.3. The van der Waals surface area contributed by atoms with E-state index in [0.29, 0.717) is 17.3 Å². The number of aliphatic hydroxyl groups excluding tert-OH is 1. The number of hydrogen-bond donors (Lipinski definition) is 1. The molecule has 1 N–H and O–H groups in total. The molecule has 0 aliphatic heterocycles. The molecule has 3 saturated carbocycles. The van der Waals surface area contributed by atoms with E-state index in [4.69, 9.17) is 0 Å². The topological polar surface area (TPSA) is 20.2 Å². The zero-order valence-corrected chi connectivity index (χ0v) is 19.1. The molecule has 0 bridgehead atoms. The van der Waals surface area contributed by atoms with Crippen LogP contribution in [0, 0.1) is 35.0 Å². The maximum Gasteiger partial charge on any atom is 0.0577 e. The fraction of sp³-hybridized carbons (Fsp3) is 0.778. The number of allylic oxidation sites excluding steroid dienone is 5. The van der Waals surface area contributed by atoms with Crippen LogP contribution in [-0.4, -0.2) is 11.2 Å². The van der Waals surface area contributed by atoms with Crippen LogP contribution in [0.25, 0.3) is 0 Å². The van der Waals surface area contributed by atoms with Crippen LogP contribution in [0.5, 0.6) is 0 Å². The highest BCUT2D eigenvalue weighted by molar-refractivity contribution is 5.26. The predicted molar refractivity (Wildman–Crippen MR) is 121 cm³/mol. The van der Waals surface area contributed by atoms with Gasteiger partial charge in [-0.3, -0.25) is 0 Å². The van der Waals surface area contributed by atoms with Gasteiger partial charge in [0.15, 0.2) is 0 Å². The van der Waals surface area contributed by atoms with Crippen LogP contribution in [0.4, 0.5) is 0 Å². The fourth-order valence-electron chi connectivity index (χ4n) is 6.30. The third-order valence-electron chi connectivity index (χ3n) is 8.51. The molecule has 3 aliphatic rings. The molecule has 0 saturated heterocycles. The Balaban J connectivity index is 1.71. The summed E-state index contributed by atoms with van der Waals surface area (Å²) in [5, 5.41) is 9.96. The van der Waals surface area contributed by atoms with Crippen LogP contribution in [0.3, 0.4) is 0 Å². The minimum absolute atomic E-state index is 0.105. The van der Waals surface area contributed by atoms with Crippen molar-refractivity contribution in [2.24, 2.45) is 35.0 Å². The van der Waals surface area contributed by atoms with E-state index in [0.717, 1.165) is 37.0 Å². The molecule has 1 unspecified atom stereocenters. The lowest BCUT2D eigenvalue weighted by Gasteiger charge is -2.44. The second-order valence-corrected chi connectivity index (χ2v) is 10.8. The highest BCUT2D eigenvalue weighted by Gasteiger charge is 2.50. The zero-order chi connectivity index (χ0) is 20.3. The summed E-state index contributed by atoms with van der Waals surface area (Å²) in [4.78, 5) is 0. The summed E-state index contributed by atoms with van der Waals surface area (Å²) in [6.07, 6.45) is 20.8. The summed E-state index contributed by atoms with van der Waals surface area (Å²) in [6.45, 7) is 12.1. The monoisotopic (exact) mass is 384 g/mol. The van der Waals surface area contributed by atoms with Gasteiger partial charge in [0.05, 0.1) is 6.10 Å². The fourth-order valence-corrected chi connectivity index (χ4v) is 6.30. The van der Waals surface area contributed by atoms with Crippen molar-refractivity contribution in [2.45, 2.75) is 98.5 Å². The normalized spacial score (nSPS) is 39.0. The predicted octanol–water partition coefficient (Wildman–Crippen LogP) is 7.47. The van der Waals surface area contributed by atoms with Crippen LogP contribution in [-0.2, 0) is 0 Å². The Kier molecular flexibility index (Phi) is 7.29. The van der Waals surface area contributed by atoms with Crippen molar-refractivity contribution in [2.75, 3.05) is 0 Å². The maximum absolute atomic E-state index is 9.96. The Morgan fingerprint density at radius 3 is 2.46 bits per heavy atom. The Morgan fingerprint density at radius 2 is 1.75 bits per heavy atom. The molecule has 6 atom stereocenters. The maximum atomic E-state index is 9.96. The SMILES string of the molecule is CC(C)[C@@H](C)/C=C/[C@@H](C)[C@H]1CCC2/C(=C/C=C3/CCC[C@H](O)C3)CCC[C@@]21C. The molecule has 0 aromatic rings. The number of hydrogen-bond acceptors (Lipinski definition) is 1. The minimum Gasteiger partial charge on any atom is -0.393 e. The van der Waals surface area contributed by atoms with Gasteiger partial charge in [-0.05, 0) is 92.8 Å². The molecule has 3 fully saturated rings. The first-order valence-electron chi connectivity index (χ1n) is 12.1. The first-order valence-corrected chi connectivity index (χ1v) is 12.1. The first kappa shape index (κ1) is 21.9. The van der Waals surface area contributed by atoms with Crippen molar-refractivity contribution in [3.05, 3.63) is 35.5 Å². The van der Waals surface area contributed by atoms with Gasteiger partial charge >= 0.3 is 0 Å². The van der Waals surface area contributed by atoms with Crippen molar-refractivity contribution >= 4 is 0 Å². The van der Waals surface area contributed by atoms with Gasteiger partial charge in [0, 0.05) is 0 Å². The van der Waals surface area contributed by atoms with E-state index in [1.807, 2.05) is 0 Å². The lowest BCUT2D eigenvalue weighted by molar-refractivity contribution is 0.112. The van der Waals surface area contributed by atoms with Gasteiger partial charge < -0.3 is 5.11 Å². The summed E-state index contributed by atoms with van der Waals surface area (Å²) in [5.74, 6) is 3.68. The quantitative estimate of drug-likeness (QED) is 0.487. The molecule has 0 amide bonds. The summed E-state index contributed by atoms with van der Waals surface area (Å²) >= 11 is 0. The number of rotatable bonds is 5. The standard InChI is InChI=1S/C27H44O/c1-19(2)20(3)11-12-21(4)25-15-16-26-23(9-7-17-27(25,26)5)14-13-22-8-6-10-24(28)18-22/h11-14,19-21,24-26,28H,6-10,15-18H2,1-5H3/b12-11+,22-13-,23-14+/t20-,21+,24-,25+,26?,27+/m0/s1. The number of aliphatic hydroxyl groups is 1. The van der Waals surface area contributed by atoms with E-state index in [1.165, 1.54) is 44.1 Å². The van der Waals surface area contributed by atoms with Crippen molar-refractivity contribution in [1.29, 1.82) is 0 Å². The van der Waals surface area contributed by atoms with Crippen LogP contribution in [0.2, 0.25) is 0 Å². The van der Waals surface area contributed by atoms with E-state index in [2.05, 4.69) is 58.9 Å². The summed E-state index contributed by atoms with van der Waals surface area (Å²) < 4.78 is 0. The lowest BCUT2D eigenvalue weighted by Crippen LogP contribution is -2.35. The van der Waals surface area contributed by atoms with Crippen molar-refractivity contribution in [1.82, 2.24) is 0 Å². The van der Waals surface area contributed by atoms with Gasteiger partial charge in [-0.2, -0.15) is 0 Å². The molecule has 0 aromatic carbocycles. The van der Waals surface area contributed by atoms with E-state index in [1.54, 1.807) is 5.57 Å². The van der Waals surface area contributed by atoms with Crippen molar-refractivity contribution < 1.29 is 5.11 Å². The molecular weight excluding hydrogens is 340 g/mol. The molecule has 28 heavy (non-hydrogen) atoms. The molecule has 0 heterocycles. The molecule has 3 rings (SSSR count). The lowest BCUT2D eigenvalue weighted by atomic mass is 9.61. The molecule has 158 valence electrons. The largest absolute Gasteiger partial charge is 0.393 e. The average molecular weight is 385 g/mol. The van der Waals surface area contributed by atoms with Gasteiger partial charge in [-0.1, -0.05) is 70.1 Å². The molecule has 0 spiro atoms. The molecule has 1 nitrogen and oxygen atoms in total. The van der Waals surface area contributed by atoms with Crippen molar-refractivity contribution in [3.63, 3.8) is 0 Å². The van der Waals surface area contributed by atoms with Crippen molar-refractivity contribution in [3.8, 4) is 0 Å². The third-order valence-corrected chi connectivity index (χ3v) is 8.51. The molecule has 1 heteroatoms. The average Bonchev–Trinajstić information content (AvgIpc) is 3.01. The Labute approximate surface area is 174 Å². The number of fused-ring (bicyclic) bond motifs is 1. The zero-order valence-electron chi connectivity index (χ0n) is 19.1. The van der Waals surface area contributed by atoms with Crippen LogP contribution in [0.1, 0.15) is 92.4 Å². The summed E-state index contributed by atoms with van der Waals surface area (Å²) in [6, 6.07) is 0. The summed E-state index contributed by atoms with van der Waals surface area (Å²) in [7, 11) is 0. The van der Waals surface area contributed by atoms with Gasteiger partial charge in [-0.15, -0.1) is 0 Å². The van der Waals surface area contributed by atoms with E-state index >= 15 is 0 Å². The Hall–Kier alpha value is -0.820. The van der Waals surface area contributed by atoms with E-state index in [9.17, 15) is 5.11 Å². The van der Waals surface area contributed by atoms with Gasteiger partial charge in [0.2, 0.25) is 0 Å². The summed E-state index contributed by atoms with van der Waals surface area (Å²) in [5.41, 5.74) is 3.64. The van der Waals surface area contributed by atoms with E-state index in [-0.39, 0.29) is 6.10 Å². The first-order chi connectivity index (χ1) is 13.3. The molecule has 0 radical (unpaired) electrons. The Morgan fingerprint density at radius 1 is 0.964 bits per heavy atom. The smallest absolute Gasteiger partial charge is 0.0577 e. The second-order valence-electron chi connectivity index (χ2n) is 10.8. The van der Waals surface area contributed by atoms with Crippen LogP contribution < -0.4 is 0 Å². The molecular formula is C27H44O. The van der Waals surface area contributed by atoms with Gasteiger partial charge in [0.1, 0.15) is 0 Å². The second kappa shape index (κ2) is 9.33. The van der Waals surface area contributed by atoms with Gasteiger partial charge in [-0.25, -0.2) is 0 Å². The van der Waals surface area contributed by atoms with E-state index < -0.39 is 0 Å².